The first-order chi connectivity index (χ1) is 13.5. The highest BCUT2D eigenvalue weighted by Crippen LogP contribution is 2.54. The van der Waals surface area contributed by atoms with E-state index in [1.165, 1.54) is 6.20 Å². The van der Waals surface area contributed by atoms with Gasteiger partial charge < -0.3 is 19.5 Å². The molecule has 0 aromatic carbocycles. The second-order valence-corrected chi connectivity index (χ2v) is 8.70. The molecule has 2 radical (unpaired) electrons. The fourth-order valence-electron chi connectivity index (χ4n) is 4.05. The molecule has 1 saturated carbocycles. The Hall–Kier alpha value is -0.845. The number of aliphatic hydroxyl groups is 1. The van der Waals surface area contributed by atoms with Crippen LogP contribution in [-0.2, 0) is 23.2 Å². The third-order valence-corrected chi connectivity index (χ3v) is 6.28. The molecule has 28 heavy (non-hydrogen) atoms. The Kier molecular flexibility index (Phi) is 8.01. The fraction of sp³-hybridized carbons (Fsp3) is 0.778. The molecule has 2 fully saturated rings. The highest BCUT2D eigenvalue weighted by Gasteiger charge is 2.47. The van der Waals surface area contributed by atoms with Gasteiger partial charge in [0, 0.05) is 25.0 Å². The van der Waals surface area contributed by atoms with Gasteiger partial charge in [-0.15, -0.1) is 11.8 Å². The molecule has 0 aromatic heterocycles. The monoisotopic (exact) mass is 411 g/mol. The molecule has 1 saturated heterocycles. The molecule has 0 aromatic rings. The van der Waals surface area contributed by atoms with Gasteiger partial charge in [-0.25, -0.2) is 4.57 Å². The van der Waals surface area contributed by atoms with Crippen molar-refractivity contribution in [1.29, 1.82) is 0 Å². The summed E-state index contributed by atoms with van der Waals surface area (Å²) in [6.07, 6.45) is 7.86. The summed E-state index contributed by atoms with van der Waals surface area (Å²) in [6.45, 7) is -0.738. The Morgan fingerprint density at radius 2 is 2.00 bits per heavy atom. The maximum atomic E-state index is 11.8. The van der Waals surface area contributed by atoms with E-state index in [1.54, 1.807) is 0 Å². The number of rotatable bonds is 10. The predicted molar refractivity (Wildman–Crippen MR) is 101 cm³/mol. The smallest absolute Gasteiger partial charge is 0.394 e. The Morgan fingerprint density at radius 1 is 1.29 bits per heavy atom. The fourth-order valence-corrected chi connectivity index (χ4v) is 4.49. The number of hydroxylamine groups is 1. The largest absolute Gasteiger partial charge is 0.495 e. The molecule has 3 N–H and O–H groups in total. The number of hydrogen-bond acceptors (Lipinski definition) is 7. The normalized spacial score (nSPS) is 36.6. The van der Waals surface area contributed by atoms with Crippen molar-refractivity contribution in [3.8, 4) is 11.8 Å². The van der Waals surface area contributed by atoms with Crippen LogP contribution < -0.4 is 5.48 Å². The number of allylic oxidation sites excluding steroid dienone is 1. The molecule has 2 aliphatic carbocycles. The molecule has 1 aliphatic heterocycles. The van der Waals surface area contributed by atoms with E-state index in [1.807, 2.05) is 6.08 Å². The lowest BCUT2D eigenvalue weighted by Crippen LogP contribution is -2.28. The van der Waals surface area contributed by atoms with E-state index in [4.69, 9.17) is 27.0 Å². The van der Waals surface area contributed by atoms with Crippen LogP contribution in [0.2, 0.25) is 0 Å². The van der Waals surface area contributed by atoms with Gasteiger partial charge in [-0.2, -0.15) is 4.62 Å². The van der Waals surface area contributed by atoms with E-state index in [9.17, 15) is 9.46 Å². The van der Waals surface area contributed by atoms with Crippen LogP contribution in [0.3, 0.4) is 0 Å². The minimum absolute atomic E-state index is 0.256. The van der Waals surface area contributed by atoms with Gasteiger partial charge in [0.1, 0.15) is 14.0 Å². The quantitative estimate of drug-likeness (QED) is 0.164. The van der Waals surface area contributed by atoms with Crippen LogP contribution in [0.25, 0.3) is 0 Å². The van der Waals surface area contributed by atoms with Gasteiger partial charge in [-0.1, -0.05) is 6.08 Å². The molecule has 0 bridgehead atoms. The molecular weight excluding hydrogens is 384 g/mol. The summed E-state index contributed by atoms with van der Waals surface area (Å²) in [4.78, 5) is 9.63. The van der Waals surface area contributed by atoms with E-state index < -0.39 is 32.8 Å². The number of nitrogens with one attached hydrogen (secondary N) is 1. The number of ether oxygens (including phenoxy) is 2. The van der Waals surface area contributed by atoms with Gasteiger partial charge in [0.05, 0.1) is 12.7 Å². The van der Waals surface area contributed by atoms with Crippen molar-refractivity contribution in [2.45, 2.75) is 56.7 Å². The minimum Gasteiger partial charge on any atom is -0.394 e. The second kappa shape index (κ2) is 10.3. The lowest BCUT2D eigenvalue weighted by Gasteiger charge is -2.18. The first-order valence-electron chi connectivity index (χ1n) is 9.66. The van der Waals surface area contributed by atoms with Gasteiger partial charge >= 0.3 is 7.82 Å². The van der Waals surface area contributed by atoms with E-state index in [-0.39, 0.29) is 6.61 Å². The molecule has 0 spiro atoms. The molecule has 3 unspecified atom stereocenters. The van der Waals surface area contributed by atoms with Crippen molar-refractivity contribution in [3.63, 3.8) is 0 Å². The number of hydrogen-bond donors (Lipinski definition) is 3. The lowest BCUT2D eigenvalue weighted by molar-refractivity contribution is -0.0885. The molecule has 10 heteroatoms. The molecule has 154 valence electrons. The lowest BCUT2D eigenvalue weighted by atomic mass is 9.96. The predicted octanol–water partition coefficient (Wildman–Crippen LogP) is 1.59. The van der Waals surface area contributed by atoms with Crippen LogP contribution in [0.15, 0.2) is 12.3 Å². The summed E-state index contributed by atoms with van der Waals surface area (Å²) >= 11 is 0. The van der Waals surface area contributed by atoms with Gasteiger partial charge in [0.15, 0.2) is 6.79 Å². The van der Waals surface area contributed by atoms with Gasteiger partial charge in [-0.05, 0) is 43.4 Å². The van der Waals surface area contributed by atoms with Crippen LogP contribution in [0, 0.1) is 29.6 Å². The maximum Gasteiger partial charge on any atom is 0.495 e. The van der Waals surface area contributed by atoms with Gasteiger partial charge in [-0.3, -0.25) is 10.0 Å². The zero-order chi connectivity index (χ0) is 20.0. The summed E-state index contributed by atoms with van der Waals surface area (Å²) in [5.74, 6) is 8.54. The third-order valence-electron chi connectivity index (χ3n) is 5.51. The van der Waals surface area contributed by atoms with Gasteiger partial charge in [0.2, 0.25) is 0 Å². The average Bonchev–Trinajstić information content (AvgIpc) is 3.11. The highest BCUT2D eigenvalue weighted by molar-refractivity contribution is 7.47. The first kappa shape index (κ1) is 21.9. The molecular formula is C18H27BNO7P. The van der Waals surface area contributed by atoms with E-state index in [0.717, 1.165) is 43.9 Å². The molecule has 6 atom stereocenters. The number of phosphoric acid groups is 1. The second-order valence-electron chi connectivity index (χ2n) is 7.32. The van der Waals surface area contributed by atoms with Crippen LogP contribution in [0.1, 0.15) is 38.5 Å². The van der Waals surface area contributed by atoms with Crippen molar-refractivity contribution in [3.05, 3.63) is 12.3 Å². The first-order valence-corrected chi connectivity index (χ1v) is 11.2. The third kappa shape index (κ3) is 6.33. The van der Waals surface area contributed by atoms with Crippen LogP contribution in [0.4, 0.5) is 0 Å². The summed E-state index contributed by atoms with van der Waals surface area (Å²) in [5.41, 5.74) is 2.34. The molecule has 8 nitrogen and oxygen atoms in total. The molecule has 0 amide bonds. The minimum atomic E-state index is -4.32. The molecule has 3 aliphatic rings. The Balaban J connectivity index is 1.28. The van der Waals surface area contributed by atoms with Crippen molar-refractivity contribution in [1.82, 2.24) is 5.48 Å². The van der Waals surface area contributed by atoms with Crippen LogP contribution in [-0.4, -0.2) is 49.5 Å². The molecule has 3 rings (SSSR count). The van der Waals surface area contributed by atoms with E-state index in [2.05, 4.69) is 21.9 Å². The van der Waals surface area contributed by atoms with Crippen molar-refractivity contribution < 1.29 is 33.2 Å². The van der Waals surface area contributed by atoms with Crippen molar-refractivity contribution in [2.24, 2.45) is 17.8 Å². The average molecular weight is 411 g/mol. The maximum absolute atomic E-state index is 11.8. The van der Waals surface area contributed by atoms with Crippen LogP contribution >= 0.6 is 7.82 Å². The summed E-state index contributed by atoms with van der Waals surface area (Å²) in [5, 5.41) is 9.17. The Morgan fingerprint density at radius 3 is 2.68 bits per heavy atom. The Bertz CT molecular complexity index is 634. The standard InChI is InChI=1S/C18H27BNO7P/c19-18-10-16(17(11-21)26-18)24-12-25-28(22,23)27-20-9-5-8-15-13-6-3-1-2-4-7-14(13)15/h5,9,13-18,20-21H,3-4,6-8,10-12H2,(H,22,23)/b9-5+/t13?,14?,15?,16-,17-,18-/m1/s1. The van der Waals surface area contributed by atoms with Crippen molar-refractivity contribution >= 4 is 15.7 Å². The summed E-state index contributed by atoms with van der Waals surface area (Å²) < 4.78 is 31.8. The van der Waals surface area contributed by atoms with Crippen LogP contribution in [0.5, 0.6) is 0 Å². The van der Waals surface area contributed by atoms with E-state index >= 15 is 0 Å². The highest BCUT2D eigenvalue weighted by atomic mass is 31.2. The SMILES string of the molecule is [B][C@H]1C[C@@H](OCOP(=O)(O)ON/C=C/CC2C3CCC#CCCC23)[C@@H](CO)O1. The summed E-state index contributed by atoms with van der Waals surface area (Å²) in [6, 6.07) is -0.539. The van der Waals surface area contributed by atoms with Crippen molar-refractivity contribution in [2.75, 3.05) is 13.4 Å². The van der Waals surface area contributed by atoms with E-state index in [0.29, 0.717) is 12.3 Å². The number of aliphatic hydroxyl groups excluding tert-OH is 1. The number of fused-ring (bicyclic) bond motifs is 1. The zero-order valence-electron chi connectivity index (χ0n) is 15.7. The van der Waals surface area contributed by atoms with Gasteiger partial charge in [0.25, 0.3) is 0 Å². The number of phosphoric ester groups is 1. The summed E-state index contributed by atoms with van der Waals surface area (Å²) in [7, 11) is 1.30. The Labute approximate surface area is 166 Å². The zero-order valence-corrected chi connectivity index (χ0v) is 16.6. The molecule has 1 heterocycles. The topological polar surface area (TPSA) is 106 Å².